The van der Waals surface area contributed by atoms with E-state index >= 15 is 0 Å². The van der Waals surface area contributed by atoms with E-state index in [9.17, 15) is 35.2 Å². The quantitative estimate of drug-likeness (QED) is 0.0825. The Labute approximate surface area is 645 Å². The van der Waals surface area contributed by atoms with Gasteiger partial charge in [-0.2, -0.15) is 0 Å². The summed E-state index contributed by atoms with van der Waals surface area (Å²) in [6, 6.07) is 34.5. The molecule has 0 spiro atoms. The standard InChI is InChI=1S/C27H29Br2N3O3.2C27H29BrClN3O2/c1-17-11-20-4-5-21-14-22(28)16-32(35)27(21)26(25(20)23(29)12-17)19-6-9-30(10-7-19)24(33)13-18-3-2-8-31(34)15-18;1-30-11-6-18(7-12-30)15-24(33)31-13-8-19(9-14-31)26-25-21(16-22(29)17-23(25)28)5-4-20-3-2-10-32(34)27(20)26;1-30-11-7-18(8-12-30)15-24(33)31-13-9-20(10-14-31)26-25-19(3-2-4-23(25)29)5-6-21-16-22(28)17-32(34)27(21)26/h2-3,8,11-12,14-16,19,26,34-35H,4-7,9-10,13H2,1H3;2-3,6-7,10-12,16-17,19,26,34H,4-5,8-9,13-15H2,1H3;2-4,7-8,11-12,16-17,20,26,34H,5-6,9-10,13-15H2,1H3/q3*+2/t3*26-/m111/s1. The third-order valence-electron chi connectivity index (χ3n) is 22.0. The molecule has 4 N–H and O–H groups in total. The van der Waals surface area contributed by atoms with Crippen molar-refractivity contribution in [1.29, 1.82) is 0 Å². The lowest BCUT2D eigenvalue weighted by atomic mass is 9.76. The highest BCUT2D eigenvalue weighted by molar-refractivity contribution is 9.11. The van der Waals surface area contributed by atoms with Gasteiger partial charge in [-0.25, -0.2) is 9.13 Å². The van der Waals surface area contributed by atoms with Gasteiger partial charge in [0.15, 0.2) is 24.8 Å². The molecule has 16 nitrogen and oxygen atoms in total. The van der Waals surface area contributed by atoms with Crippen molar-refractivity contribution in [3.63, 3.8) is 0 Å². The zero-order chi connectivity index (χ0) is 72.3. The number of amides is 3. The van der Waals surface area contributed by atoms with Crippen molar-refractivity contribution < 1.29 is 63.3 Å². The molecule has 6 aliphatic rings. The van der Waals surface area contributed by atoms with Crippen LogP contribution in [-0.4, -0.2) is 92.5 Å². The molecular formula is C81H87Br4Cl2N9O7+6. The highest BCUT2D eigenvalue weighted by Gasteiger charge is 2.45. The zero-order valence-corrected chi connectivity index (χ0v) is 66.0. The molecular weight excluding hydrogens is 1600 g/mol. The smallest absolute Gasteiger partial charge is 0.245 e. The molecule has 9 aromatic rings. The Morgan fingerprint density at radius 1 is 0.427 bits per heavy atom. The number of aromatic nitrogens is 6. The summed E-state index contributed by atoms with van der Waals surface area (Å²) in [5.74, 6) is 1.40. The fourth-order valence-corrected chi connectivity index (χ4v) is 20.2. The minimum absolute atomic E-state index is 0.00863. The maximum atomic E-state index is 13.0. The van der Waals surface area contributed by atoms with Crippen LogP contribution in [0, 0.1) is 24.7 Å². The molecule has 3 atom stereocenters. The predicted octanol–water partition coefficient (Wildman–Crippen LogP) is 12.6. The van der Waals surface area contributed by atoms with Crippen LogP contribution in [-0.2, 0) is 86.3 Å². The lowest BCUT2D eigenvalue weighted by Gasteiger charge is -2.36. The van der Waals surface area contributed by atoms with Gasteiger partial charge in [-0.15, -0.1) is 0 Å². The highest BCUT2D eigenvalue weighted by atomic mass is 79.9. The third-order valence-corrected chi connectivity index (χ3v) is 24.7. The molecule has 6 aromatic heterocycles. The molecule has 3 fully saturated rings. The van der Waals surface area contributed by atoms with Crippen molar-refractivity contribution in [3.8, 4) is 0 Å². The molecule has 22 heteroatoms. The van der Waals surface area contributed by atoms with Gasteiger partial charge < -0.3 is 14.7 Å². The van der Waals surface area contributed by atoms with Crippen molar-refractivity contribution in [2.45, 2.75) is 121 Å². The van der Waals surface area contributed by atoms with E-state index in [4.69, 9.17) is 23.2 Å². The van der Waals surface area contributed by atoms with E-state index in [0.717, 1.165) is 186 Å². The first-order valence-corrected chi connectivity index (χ1v) is 39.6. The van der Waals surface area contributed by atoms with Crippen molar-refractivity contribution in [3.05, 3.63) is 276 Å². The van der Waals surface area contributed by atoms with Gasteiger partial charge in [0.2, 0.25) is 65.8 Å². The fraction of sp³-hybridized carbons (Fsp3) is 0.370. The fourth-order valence-electron chi connectivity index (χ4n) is 17.0. The molecule has 0 bridgehead atoms. The Morgan fingerprint density at radius 2 is 0.835 bits per heavy atom. The van der Waals surface area contributed by atoms with E-state index in [0.29, 0.717) is 37.8 Å². The van der Waals surface area contributed by atoms with Gasteiger partial charge in [0.1, 0.15) is 14.1 Å². The summed E-state index contributed by atoms with van der Waals surface area (Å²) in [7, 11) is 3.95. The SMILES string of the molecule is C[n+]1ccc(CC(=O)N2CCC([C@@H]3c4c(Br)cc(Cl)cc4CCc4ccc[n+](O)c43)CC2)cc1.C[n+]1ccc(CC(=O)N2CCC([C@@H]3c4c(Cl)cccc4CCc4cc(Br)c[n+](O)c43)CC2)cc1.Cc1cc(Br)c2c(c1)CCc1cc(Br)c[n+](O)c1[C@@H]2C1CCN(C(=O)Cc2ccc[n+](O)c2)CC1. The highest BCUT2D eigenvalue weighted by Crippen LogP contribution is 2.49. The lowest BCUT2D eigenvalue weighted by molar-refractivity contribution is -0.911. The summed E-state index contributed by atoms with van der Waals surface area (Å²) in [4.78, 5) is 44.9. The molecule has 3 saturated heterocycles. The van der Waals surface area contributed by atoms with Crippen LogP contribution in [0.3, 0.4) is 0 Å². The second-order valence-electron chi connectivity index (χ2n) is 28.6. The van der Waals surface area contributed by atoms with Crippen LogP contribution in [0.2, 0.25) is 10.0 Å². The van der Waals surface area contributed by atoms with Crippen molar-refractivity contribution in [1.82, 2.24) is 14.7 Å². The number of hydrogen-bond donors (Lipinski definition) is 4. The molecule has 0 unspecified atom stereocenters. The Hall–Kier alpha value is -7.33. The van der Waals surface area contributed by atoms with E-state index in [1.165, 1.54) is 59.3 Å². The number of piperidine rings is 3. The first-order valence-electron chi connectivity index (χ1n) is 35.7. The molecule has 0 saturated carbocycles. The number of carbonyl (C=O) groups is 3. The van der Waals surface area contributed by atoms with Gasteiger partial charge in [-0.1, -0.05) is 73.3 Å². The van der Waals surface area contributed by atoms with Gasteiger partial charge in [0.05, 0.1) is 46.0 Å². The summed E-state index contributed by atoms with van der Waals surface area (Å²) < 4.78 is 12.6. The molecule has 3 aromatic carbocycles. The van der Waals surface area contributed by atoms with Gasteiger partial charge in [0, 0.05) is 136 Å². The third kappa shape index (κ3) is 16.8. The number of halogens is 6. The van der Waals surface area contributed by atoms with E-state index in [-0.39, 0.29) is 47.8 Å². The molecule has 3 aliphatic heterocycles. The molecule has 0 radical (unpaired) electrons. The Balaban J connectivity index is 0.000000138. The van der Waals surface area contributed by atoms with E-state index in [2.05, 4.69) is 113 Å². The van der Waals surface area contributed by atoms with Crippen LogP contribution in [0.1, 0.15) is 146 Å². The normalized spacial score (nSPS) is 18.1. The Kier molecular flexibility index (Phi) is 23.4. The number of likely N-dealkylation sites (tertiary alicyclic amines) is 3. The Bertz CT molecular complexity index is 4410. The topological polar surface area (TPSA) is 165 Å². The molecule has 15 rings (SSSR count). The van der Waals surface area contributed by atoms with Crippen LogP contribution < -0.4 is 28.1 Å². The molecule has 534 valence electrons. The number of rotatable bonds is 9. The minimum atomic E-state index is -0.00863. The second-order valence-corrected chi connectivity index (χ2v) is 33.0. The first-order chi connectivity index (χ1) is 49.6. The number of aryl methyl sites for hydroxylation is 9. The number of hydrogen-bond acceptors (Lipinski definition) is 7. The zero-order valence-electron chi connectivity index (χ0n) is 58.1. The Morgan fingerprint density at radius 3 is 1.33 bits per heavy atom. The number of nitrogens with zero attached hydrogens (tertiary/aromatic N) is 9. The molecule has 9 heterocycles. The van der Waals surface area contributed by atoms with Gasteiger partial charge in [-0.3, -0.25) is 35.2 Å². The van der Waals surface area contributed by atoms with E-state index in [1.54, 1.807) is 30.9 Å². The predicted molar refractivity (Wildman–Crippen MR) is 402 cm³/mol. The second kappa shape index (κ2) is 32.6. The van der Waals surface area contributed by atoms with Crippen LogP contribution in [0.25, 0.3) is 0 Å². The summed E-state index contributed by atoms with van der Waals surface area (Å²) >= 11 is 27.9. The van der Waals surface area contributed by atoms with Crippen molar-refractivity contribution in [2.75, 3.05) is 39.3 Å². The van der Waals surface area contributed by atoms with Gasteiger partial charge >= 0.3 is 0 Å². The van der Waals surface area contributed by atoms with Crippen molar-refractivity contribution in [2.24, 2.45) is 31.8 Å². The number of benzene rings is 3. The molecule has 3 aliphatic carbocycles. The maximum absolute atomic E-state index is 13.0. The largest absolute Gasteiger partial charge is 0.342 e. The minimum Gasteiger partial charge on any atom is -0.342 e. The monoisotopic (exact) mass is 1680 g/mol. The van der Waals surface area contributed by atoms with E-state index in [1.807, 2.05) is 117 Å². The van der Waals surface area contributed by atoms with Crippen molar-refractivity contribution >= 4 is 105 Å². The lowest BCUT2D eigenvalue weighted by Crippen LogP contribution is -2.44. The number of carbonyl (C=O) groups excluding carboxylic acids is 3. The molecule has 3 amide bonds. The maximum Gasteiger partial charge on any atom is 0.245 e. The van der Waals surface area contributed by atoms with E-state index < -0.39 is 0 Å². The number of pyridine rings is 6. The van der Waals surface area contributed by atoms with Crippen LogP contribution in [0.4, 0.5) is 0 Å². The number of fused-ring (bicyclic) bond motifs is 6. The van der Waals surface area contributed by atoms with Gasteiger partial charge in [0.25, 0.3) is 0 Å². The van der Waals surface area contributed by atoms with Crippen LogP contribution in [0.15, 0.2) is 177 Å². The summed E-state index contributed by atoms with van der Waals surface area (Å²) in [5, 5.41) is 44.0. The first kappa shape index (κ1) is 74.0. The summed E-state index contributed by atoms with van der Waals surface area (Å²) in [6.07, 6.45) is 27.8. The van der Waals surface area contributed by atoms with Crippen LogP contribution >= 0.6 is 86.9 Å². The average Bonchev–Trinajstić information content (AvgIpc) is 1.72. The van der Waals surface area contributed by atoms with Crippen LogP contribution in [0.5, 0.6) is 0 Å². The summed E-state index contributed by atoms with van der Waals surface area (Å²) in [5.41, 5.74) is 17.9. The summed E-state index contributed by atoms with van der Waals surface area (Å²) in [6.45, 7) is 6.39. The van der Waals surface area contributed by atoms with Gasteiger partial charge in [-0.05, 0) is 232 Å². The molecule has 103 heavy (non-hydrogen) atoms. The average molecular weight is 1690 g/mol.